The lowest BCUT2D eigenvalue weighted by molar-refractivity contribution is 0.0959. The Morgan fingerprint density at radius 3 is 2.72 bits per heavy atom. The number of carbonyl (C=O) groups excluding carboxylic acids is 1. The highest BCUT2D eigenvalue weighted by Gasteiger charge is 2.22. The first kappa shape index (κ1) is 22.8. The van der Waals surface area contributed by atoms with E-state index in [1.165, 1.54) is 0 Å². The molecule has 2 aromatic carbocycles. The Bertz CT molecular complexity index is 1070. The van der Waals surface area contributed by atoms with E-state index in [2.05, 4.69) is 10.1 Å². The highest BCUT2D eigenvalue weighted by Crippen LogP contribution is 2.28. The van der Waals surface area contributed by atoms with E-state index in [9.17, 15) is 4.79 Å². The minimum absolute atomic E-state index is 0.137. The number of rotatable bonds is 8. The Balaban J connectivity index is 1.24. The summed E-state index contributed by atoms with van der Waals surface area (Å²) in [5.74, 6) is 2.08. The molecule has 1 aliphatic rings. The van der Waals surface area contributed by atoms with Gasteiger partial charge >= 0.3 is 0 Å². The molecule has 0 amide bonds. The van der Waals surface area contributed by atoms with Crippen molar-refractivity contribution in [1.82, 2.24) is 10.1 Å². The number of Topliss-reactive ketones (excluding diaryl/α,β-unsaturated/α-hetero) is 1. The third-order valence-corrected chi connectivity index (χ3v) is 6.57. The molecule has 168 valence electrons. The summed E-state index contributed by atoms with van der Waals surface area (Å²) in [4.78, 5) is 15.0. The Morgan fingerprint density at radius 2 is 1.97 bits per heavy atom. The van der Waals surface area contributed by atoms with Crippen LogP contribution < -0.4 is 4.74 Å². The molecule has 1 aromatic heterocycles. The molecule has 32 heavy (non-hydrogen) atoms. The zero-order valence-electron chi connectivity index (χ0n) is 18.0. The van der Waals surface area contributed by atoms with Gasteiger partial charge in [-0.2, -0.15) is 0 Å². The van der Waals surface area contributed by atoms with Crippen molar-refractivity contribution in [2.75, 3.05) is 20.2 Å². The molecule has 0 N–H and O–H groups in total. The highest BCUT2D eigenvalue weighted by atomic mass is 35.5. The normalized spacial score (nSPS) is 15.1. The van der Waals surface area contributed by atoms with Crippen molar-refractivity contribution in [3.05, 3.63) is 69.9 Å². The third kappa shape index (κ3) is 5.71. The van der Waals surface area contributed by atoms with Crippen molar-refractivity contribution >= 4 is 29.0 Å². The van der Waals surface area contributed by atoms with Crippen molar-refractivity contribution in [2.45, 2.75) is 32.2 Å². The van der Waals surface area contributed by atoms with Gasteiger partial charge in [-0.3, -0.25) is 9.69 Å². The molecular formula is C25H26Cl2N2O3. The molecule has 0 bridgehead atoms. The van der Waals surface area contributed by atoms with Gasteiger partial charge in [-0.15, -0.1) is 0 Å². The summed E-state index contributed by atoms with van der Waals surface area (Å²) in [7, 11) is 1.56. The molecule has 1 fully saturated rings. The van der Waals surface area contributed by atoms with Crippen LogP contribution in [-0.2, 0) is 6.54 Å². The molecule has 0 unspecified atom stereocenters. The fourth-order valence-electron chi connectivity index (χ4n) is 4.14. The molecule has 5 nitrogen and oxygen atoms in total. The van der Waals surface area contributed by atoms with Crippen LogP contribution in [0.1, 0.15) is 41.8 Å². The highest BCUT2D eigenvalue weighted by molar-refractivity contribution is 6.32. The summed E-state index contributed by atoms with van der Waals surface area (Å²) in [6.45, 7) is 2.71. The van der Waals surface area contributed by atoms with Crippen molar-refractivity contribution in [3.8, 4) is 17.0 Å². The van der Waals surface area contributed by atoms with Gasteiger partial charge in [0.25, 0.3) is 0 Å². The van der Waals surface area contributed by atoms with Crippen molar-refractivity contribution < 1.29 is 14.1 Å². The topological polar surface area (TPSA) is 55.6 Å². The minimum Gasteiger partial charge on any atom is -0.495 e. The second kappa shape index (κ2) is 10.5. The van der Waals surface area contributed by atoms with E-state index < -0.39 is 0 Å². The SMILES string of the molecule is COc1cc(C(=O)CCC2CCN(Cc3cc(-c4cccc(Cl)c4)no3)CC2)ccc1Cl. The molecule has 7 heteroatoms. The number of aromatic nitrogens is 1. The van der Waals surface area contributed by atoms with E-state index in [-0.39, 0.29) is 5.78 Å². The van der Waals surface area contributed by atoms with Crippen LogP contribution >= 0.6 is 23.2 Å². The smallest absolute Gasteiger partial charge is 0.163 e. The van der Waals surface area contributed by atoms with Crippen LogP contribution in [0.25, 0.3) is 11.3 Å². The fraction of sp³-hybridized carbons (Fsp3) is 0.360. The first-order valence-electron chi connectivity index (χ1n) is 10.8. The van der Waals surface area contributed by atoms with Crippen molar-refractivity contribution in [3.63, 3.8) is 0 Å². The molecule has 0 saturated carbocycles. The van der Waals surface area contributed by atoms with Crippen LogP contribution in [0.3, 0.4) is 0 Å². The number of piperidine rings is 1. The fourth-order valence-corrected chi connectivity index (χ4v) is 4.52. The zero-order valence-corrected chi connectivity index (χ0v) is 19.5. The van der Waals surface area contributed by atoms with E-state index in [0.717, 1.165) is 55.9 Å². The molecule has 2 heterocycles. The second-order valence-electron chi connectivity index (χ2n) is 8.22. The van der Waals surface area contributed by atoms with E-state index in [0.29, 0.717) is 33.7 Å². The van der Waals surface area contributed by atoms with Crippen LogP contribution in [0.15, 0.2) is 53.1 Å². The third-order valence-electron chi connectivity index (χ3n) is 6.02. The van der Waals surface area contributed by atoms with Gasteiger partial charge in [-0.25, -0.2) is 0 Å². The average molecular weight is 473 g/mol. The maximum absolute atomic E-state index is 12.6. The van der Waals surface area contributed by atoms with E-state index >= 15 is 0 Å². The molecule has 1 aliphatic heterocycles. The van der Waals surface area contributed by atoms with Crippen LogP contribution in [0.2, 0.25) is 10.0 Å². The number of ketones is 1. The summed E-state index contributed by atoms with van der Waals surface area (Å²) >= 11 is 12.1. The molecule has 0 spiro atoms. The number of likely N-dealkylation sites (tertiary alicyclic amines) is 1. The summed E-state index contributed by atoms with van der Waals surface area (Å²) < 4.78 is 10.8. The molecular weight excluding hydrogens is 447 g/mol. The Morgan fingerprint density at radius 1 is 1.16 bits per heavy atom. The lowest BCUT2D eigenvalue weighted by atomic mass is 9.90. The number of hydrogen-bond acceptors (Lipinski definition) is 5. The molecule has 3 aromatic rings. The lowest BCUT2D eigenvalue weighted by Crippen LogP contribution is -2.33. The molecule has 1 saturated heterocycles. The maximum atomic E-state index is 12.6. The Kier molecular flexibility index (Phi) is 7.51. The summed E-state index contributed by atoms with van der Waals surface area (Å²) in [5.41, 5.74) is 2.41. The molecule has 0 radical (unpaired) electrons. The Hall–Kier alpha value is -2.34. The van der Waals surface area contributed by atoms with Gasteiger partial charge in [-0.05, 0) is 68.6 Å². The summed E-state index contributed by atoms with van der Waals surface area (Å²) in [6, 6.07) is 14.8. The van der Waals surface area contributed by atoms with E-state index in [4.69, 9.17) is 32.5 Å². The summed E-state index contributed by atoms with van der Waals surface area (Å²) in [6.07, 6.45) is 3.60. The largest absolute Gasteiger partial charge is 0.495 e. The first-order valence-corrected chi connectivity index (χ1v) is 11.6. The summed E-state index contributed by atoms with van der Waals surface area (Å²) in [5, 5.41) is 5.39. The van der Waals surface area contributed by atoms with Crippen LogP contribution in [-0.4, -0.2) is 36.0 Å². The van der Waals surface area contributed by atoms with E-state index in [1.807, 2.05) is 30.3 Å². The van der Waals surface area contributed by atoms with Gasteiger partial charge in [0.05, 0.1) is 18.7 Å². The zero-order chi connectivity index (χ0) is 22.5. The van der Waals surface area contributed by atoms with Gasteiger partial charge in [0.15, 0.2) is 11.5 Å². The monoisotopic (exact) mass is 472 g/mol. The Labute approximate surface area is 198 Å². The first-order chi connectivity index (χ1) is 15.5. The number of methoxy groups -OCH3 is 1. The predicted molar refractivity (Wildman–Crippen MR) is 127 cm³/mol. The molecule has 4 rings (SSSR count). The van der Waals surface area contributed by atoms with Gasteiger partial charge in [0, 0.05) is 28.6 Å². The van der Waals surface area contributed by atoms with Crippen molar-refractivity contribution in [1.29, 1.82) is 0 Å². The minimum atomic E-state index is 0.137. The van der Waals surface area contributed by atoms with E-state index in [1.54, 1.807) is 25.3 Å². The van der Waals surface area contributed by atoms with Crippen LogP contribution in [0.4, 0.5) is 0 Å². The van der Waals surface area contributed by atoms with Gasteiger partial charge in [-0.1, -0.05) is 40.5 Å². The second-order valence-corrected chi connectivity index (χ2v) is 9.06. The van der Waals surface area contributed by atoms with Gasteiger partial charge in [0.2, 0.25) is 0 Å². The standard InChI is InChI=1S/C25H26Cl2N2O3/c1-31-25-14-19(6-7-22(25)27)24(30)8-5-17-9-11-29(12-10-17)16-21-15-23(28-32-21)18-3-2-4-20(26)13-18/h2-4,6-7,13-15,17H,5,8-12,16H2,1H3. The predicted octanol–water partition coefficient (Wildman–Crippen LogP) is 6.53. The van der Waals surface area contributed by atoms with Crippen LogP contribution in [0.5, 0.6) is 5.75 Å². The quantitative estimate of drug-likeness (QED) is 0.348. The number of hydrogen-bond donors (Lipinski definition) is 0. The van der Waals surface area contributed by atoms with Crippen LogP contribution in [0, 0.1) is 5.92 Å². The average Bonchev–Trinajstić information content (AvgIpc) is 3.27. The number of ether oxygens (including phenoxy) is 1. The number of benzene rings is 2. The van der Waals surface area contributed by atoms with Gasteiger partial charge < -0.3 is 9.26 Å². The molecule has 0 aliphatic carbocycles. The number of carbonyl (C=O) groups is 1. The lowest BCUT2D eigenvalue weighted by Gasteiger charge is -2.31. The van der Waals surface area contributed by atoms with Crippen molar-refractivity contribution in [2.24, 2.45) is 5.92 Å². The maximum Gasteiger partial charge on any atom is 0.163 e. The van der Waals surface area contributed by atoms with Gasteiger partial charge in [0.1, 0.15) is 11.4 Å². The number of nitrogens with zero attached hydrogens (tertiary/aromatic N) is 2. The molecule has 0 atom stereocenters. The number of halogens is 2.